The second-order valence-corrected chi connectivity index (χ2v) is 6.18. The van der Waals surface area contributed by atoms with Crippen LogP contribution in [0, 0.1) is 6.92 Å². The maximum absolute atomic E-state index is 12.3. The summed E-state index contributed by atoms with van der Waals surface area (Å²) in [5, 5.41) is 6.80. The Balaban J connectivity index is 1.68. The lowest BCUT2D eigenvalue weighted by atomic mass is 10.0. The van der Waals surface area contributed by atoms with Gasteiger partial charge in [0.15, 0.2) is 0 Å². The zero-order chi connectivity index (χ0) is 17.6. The molecule has 0 spiro atoms. The number of hydrogen-bond acceptors (Lipinski definition) is 3. The van der Waals surface area contributed by atoms with E-state index in [9.17, 15) is 4.79 Å². The molecule has 0 radical (unpaired) electrons. The van der Waals surface area contributed by atoms with E-state index in [1.54, 1.807) is 18.4 Å². The number of aryl methyl sites for hydroxylation is 1. The van der Waals surface area contributed by atoms with Crippen molar-refractivity contribution < 1.29 is 9.21 Å². The highest BCUT2D eigenvalue weighted by Crippen LogP contribution is 2.22. The standard InChI is InChI=1S/C20H19ClN2O2/c1-14-12-16(21)9-10-17(14)23-19(24)13-22-20(18-8-5-11-25-18)15-6-3-2-4-7-15/h2-12,20,22H,13H2,1H3,(H,23,24)/t20-/m0/s1. The molecule has 25 heavy (non-hydrogen) atoms. The average molecular weight is 355 g/mol. The lowest BCUT2D eigenvalue weighted by Crippen LogP contribution is -2.31. The van der Waals surface area contributed by atoms with Crippen LogP contribution in [-0.2, 0) is 4.79 Å². The highest BCUT2D eigenvalue weighted by atomic mass is 35.5. The molecule has 5 heteroatoms. The Hall–Kier alpha value is -2.56. The molecule has 1 aromatic heterocycles. The van der Waals surface area contributed by atoms with Crippen LogP contribution in [0.25, 0.3) is 0 Å². The molecule has 4 nitrogen and oxygen atoms in total. The predicted molar refractivity (Wildman–Crippen MR) is 99.8 cm³/mol. The third kappa shape index (κ3) is 4.50. The number of amides is 1. The Labute approximate surface area is 151 Å². The fraction of sp³-hybridized carbons (Fsp3) is 0.150. The summed E-state index contributed by atoms with van der Waals surface area (Å²) in [6.07, 6.45) is 1.63. The first-order chi connectivity index (χ1) is 12.1. The number of rotatable bonds is 6. The number of hydrogen-bond donors (Lipinski definition) is 2. The van der Waals surface area contributed by atoms with Gasteiger partial charge >= 0.3 is 0 Å². The Morgan fingerprint density at radius 1 is 1.12 bits per heavy atom. The summed E-state index contributed by atoms with van der Waals surface area (Å²) in [7, 11) is 0. The van der Waals surface area contributed by atoms with Crippen LogP contribution >= 0.6 is 11.6 Å². The number of carbonyl (C=O) groups is 1. The van der Waals surface area contributed by atoms with E-state index in [0.29, 0.717) is 5.02 Å². The molecule has 0 aliphatic heterocycles. The largest absolute Gasteiger partial charge is 0.467 e. The van der Waals surface area contributed by atoms with Gasteiger partial charge in [-0.15, -0.1) is 0 Å². The first-order valence-electron chi connectivity index (χ1n) is 8.01. The normalized spacial score (nSPS) is 11.9. The third-order valence-electron chi connectivity index (χ3n) is 3.89. The monoisotopic (exact) mass is 354 g/mol. The van der Waals surface area contributed by atoms with Gasteiger partial charge in [-0.3, -0.25) is 10.1 Å². The summed E-state index contributed by atoms with van der Waals surface area (Å²) >= 11 is 5.95. The second kappa shape index (κ2) is 8.01. The van der Waals surface area contributed by atoms with Crippen molar-refractivity contribution in [1.82, 2.24) is 5.32 Å². The van der Waals surface area contributed by atoms with Crippen LogP contribution in [-0.4, -0.2) is 12.5 Å². The Morgan fingerprint density at radius 2 is 1.92 bits per heavy atom. The van der Waals surface area contributed by atoms with Crippen molar-refractivity contribution in [2.45, 2.75) is 13.0 Å². The maximum atomic E-state index is 12.3. The predicted octanol–water partition coefficient (Wildman–Crippen LogP) is 4.56. The molecule has 0 saturated carbocycles. The van der Waals surface area contributed by atoms with E-state index in [2.05, 4.69) is 10.6 Å². The molecule has 1 atom stereocenters. The molecule has 128 valence electrons. The maximum Gasteiger partial charge on any atom is 0.238 e. The van der Waals surface area contributed by atoms with E-state index < -0.39 is 0 Å². The van der Waals surface area contributed by atoms with Gasteiger partial charge in [0.25, 0.3) is 0 Å². The lowest BCUT2D eigenvalue weighted by Gasteiger charge is -2.17. The molecular weight excluding hydrogens is 336 g/mol. The number of furan rings is 1. The van der Waals surface area contributed by atoms with Crippen LogP contribution in [0.2, 0.25) is 5.02 Å². The van der Waals surface area contributed by atoms with E-state index in [-0.39, 0.29) is 18.5 Å². The molecule has 0 aliphatic carbocycles. The molecule has 0 unspecified atom stereocenters. The molecule has 2 aromatic carbocycles. The van der Waals surface area contributed by atoms with Gasteiger partial charge in [-0.2, -0.15) is 0 Å². The fourth-order valence-corrected chi connectivity index (χ4v) is 2.87. The first-order valence-corrected chi connectivity index (χ1v) is 8.39. The van der Waals surface area contributed by atoms with Gasteiger partial charge in [0, 0.05) is 10.7 Å². The van der Waals surface area contributed by atoms with E-state index in [4.69, 9.17) is 16.0 Å². The molecule has 0 fully saturated rings. The molecule has 0 bridgehead atoms. The molecule has 0 aliphatic rings. The van der Waals surface area contributed by atoms with Crippen LogP contribution in [0.5, 0.6) is 0 Å². The zero-order valence-electron chi connectivity index (χ0n) is 13.8. The number of nitrogens with one attached hydrogen (secondary N) is 2. The van der Waals surface area contributed by atoms with Crippen molar-refractivity contribution in [2.75, 3.05) is 11.9 Å². The van der Waals surface area contributed by atoms with Crippen LogP contribution in [0.15, 0.2) is 71.3 Å². The number of halogens is 1. The minimum absolute atomic E-state index is 0.127. The van der Waals surface area contributed by atoms with Crippen LogP contribution in [0.1, 0.15) is 22.9 Å². The second-order valence-electron chi connectivity index (χ2n) is 5.75. The van der Waals surface area contributed by atoms with E-state index in [0.717, 1.165) is 22.6 Å². The summed E-state index contributed by atoms with van der Waals surface area (Å²) < 4.78 is 5.52. The van der Waals surface area contributed by atoms with Gasteiger partial charge < -0.3 is 9.73 Å². The topological polar surface area (TPSA) is 54.3 Å². The van der Waals surface area contributed by atoms with Gasteiger partial charge in [0.2, 0.25) is 5.91 Å². The highest BCUT2D eigenvalue weighted by molar-refractivity contribution is 6.30. The number of anilines is 1. The molecular formula is C20H19ClN2O2. The van der Waals surface area contributed by atoms with E-state index in [1.165, 1.54) is 0 Å². The molecule has 3 aromatic rings. The van der Waals surface area contributed by atoms with E-state index >= 15 is 0 Å². The van der Waals surface area contributed by atoms with Gasteiger partial charge in [0.05, 0.1) is 18.8 Å². The molecule has 0 saturated heterocycles. The van der Waals surface area contributed by atoms with Crippen molar-refractivity contribution in [1.29, 1.82) is 0 Å². The lowest BCUT2D eigenvalue weighted by molar-refractivity contribution is -0.115. The third-order valence-corrected chi connectivity index (χ3v) is 4.12. The summed E-state index contributed by atoms with van der Waals surface area (Å²) in [5.41, 5.74) is 2.71. The summed E-state index contributed by atoms with van der Waals surface area (Å²) in [4.78, 5) is 12.3. The SMILES string of the molecule is Cc1cc(Cl)ccc1NC(=O)CN[C@@H](c1ccccc1)c1ccco1. The van der Waals surface area contributed by atoms with Gasteiger partial charge in [0.1, 0.15) is 5.76 Å². The molecule has 1 amide bonds. The Morgan fingerprint density at radius 3 is 2.60 bits per heavy atom. The summed E-state index contributed by atoms with van der Waals surface area (Å²) in [6, 6.07) is 18.8. The van der Waals surface area contributed by atoms with Crippen molar-refractivity contribution in [2.24, 2.45) is 0 Å². The highest BCUT2D eigenvalue weighted by Gasteiger charge is 2.17. The van der Waals surface area contributed by atoms with E-state index in [1.807, 2.05) is 55.5 Å². The average Bonchev–Trinajstić information content (AvgIpc) is 3.13. The van der Waals surface area contributed by atoms with Gasteiger partial charge in [-0.05, 0) is 48.4 Å². The van der Waals surface area contributed by atoms with Gasteiger partial charge in [-0.25, -0.2) is 0 Å². The minimum atomic E-state index is -0.187. The molecule has 1 heterocycles. The molecule has 2 N–H and O–H groups in total. The van der Waals surface area contributed by atoms with Gasteiger partial charge in [-0.1, -0.05) is 41.9 Å². The zero-order valence-corrected chi connectivity index (χ0v) is 14.6. The van der Waals surface area contributed by atoms with Crippen molar-refractivity contribution in [3.05, 3.63) is 88.8 Å². The Bertz CT molecular complexity index is 832. The first kappa shape index (κ1) is 17.3. The van der Waals surface area contributed by atoms with Crippen LogP contribution < -0.4 is 10.6 Å². The smallest absolute Gasteiger partial charge is 0.238 e. The fourth-order valence-electron chi connectivity index (χ4n) is 2.64. The number of benzene rings is 2. The molecule has 3 rings (SSSR count). The minimum Gasteiger partial charge on any atom is -0.467 e. The van der Waals surface area contributed by atoms with Crippen molar-refractivity contribution in [3.63, 3.8) is 0 Å². The summed E-state index contributed by atoms with van der Waals surface area (Å²) in [6.45, 7) is 2.06. The Kier molecular flexibility index (Phi) is 5.53. The van der Waals surface area contributed by atoms with Crippen LogP contribution in [0.4, 0.5) is 5.69 Å². The quantitative estimate of drug-likeness (QED) is 0.682. The summed E-state index contributed by atoms with van der Waals surface area (Å²) in [5.74, 6) is 0.639. The van der Waals surface area contributed by atoms with Crippen molar-refractivity contribution >= 4 is 23.2 Å². The van der Waals surface area contributed by atoms with Crippen molar-refractivity contribution in [3.8, 4) is 0 Å². The number of carbonyl (C=O) groups excluding carboxylic acids is 1. The van der Waals surface area contributed by atoms with Crippen LogP contribution in [0.3, 0.4) is 0 Å².